The van der Waals surface area contributed by atoms with Gasteiger partial charge in [-0.25, -0.2) is 0 Å². The number of hydrogen-bond acceptors (Lipinski definition) is 5. The maximum Gasteiger partial charge on any atom is 0.187 e. The maximum atomic E-state index is 12.3. The van der Waals surface area contributed by atoms with Crippen LogP contribution in [-0.4, -0.2) is 33.3 Å². The summed E-state index contributed by atoms with van der Waals surface area (Å²) in [5, 5.41) is 31.7. The first-order chi connectivity index (χ1) is 18.2. The number of allylic oxidation sites excluding steroid dienone is 5. The van der Waals surface area contributed by atoms with Crippen molar-refractivity contribution < 1.29 is 41.8 Å². The first-order valence-electron chi connectivity index (χ1n) is 12.8. The molecule has 1 aliphatic carbocycles. The average molecular weight is 562 g/mol. The molecule has 3 aromatic rings. The Hall–Kier alpha value is -3.06. The van der Waals surface area contributed by atoms with Gasteiger partial charge in [0.2, 0.25) is 0 Å². The van der Waals surface area contributed by atoms with Gasteiger partial charge < -0.3 is 20.6 Å². The van der Waals surface area contributed by atoms with Crippen LogP contribution in [0.25, 0.3) is 0 Å². The van der Waals surface area contributed by atoms with Gasteiger partial charge in [0, 0.05) is 45.7 Å². The molecule has 3 aromatic carbocycles. The van der Waals surface area contributed by atoms with Crippen molar-refractivity contribution in [2.45, 2.75) is 51.5 Å². The molecule has 0 saturated heterocycles. The predicted molar refractivity (Wildman–Crippen MR) is 154 cm³/mol. The number of aliphatic hydroxyl groups excluding tert-OH is 2. The van der Waals surface area contributed by atoms with Crippen molar-refractivity contribution >= 4 is 5.78 Å². The minimum absolute atomic E-state index is 0. The van der Waals surface area contributed by atoms with E-state index in [-0.39, 0.29) is 39.7 Å². The second-order valence-electron chi connectivity index (χ2n) is 9.38. The summed E-state index contributed by atoms with van der Waals surface area (Å²) in [6.45, 7) is 6.89. The van der Waals surface area contributed by atoms with Crippen molar-refractivity contribution in [3.63, 3.8) is 0 Å². The summed E-state index contributed by atoms with van der Waals surface area (Å²) in [6, 6.07) is 28.5. The van der Waals surface area contributed by atoms with Crippen molar-refractivity contribution in [3.8, 4) is 0 Å². The molecule has 0 aromatic heterocycles. The molecule has 4 N–H and O–H groups in total. The maximum absolute atomic E-state index is 12.3. The molecule has 0 bridgehead atoms. The van der Waals surface area contributed by atoms with Crippen LogP contribution in [0.5, 0.6) is 0 Å². The van der Waals surface area contributed by atoms with Gasteiger partial charge in [0.15, 0.2) is 5.78 Å². The summed E-state index contributed by atoms with van der Waals surface area (Å²) in [5.74, 6) is -0.0697. The van der Waals surface area contributed by atoms with Gasteiger partial charge in [0.25, 0.3) is 0 Å². The van der Waals surface area contributed by atoms with Gasteiger partial charge in [-0.2, -0.15) is 0 Å². The van der Waals surface area contributed by atoms with Crippen molar-refractivity contribution in [2.24, 2.45) is 0 Å². The number of hydrogen-bond donors (Lipinski definition) is 4. The summed E-state index contributed by atoms with van der Waals surface area (Å²) in [6.07, 6.45) is 8.20. The average Bonchev–Trinajstić information content (AvgIpc) is 2.90. The van der Waals surface area contributed by atoms with E-state index in [9.17, 15) is 9.90 Å². The Labute approximate surface area is 247 Å². The van der Waals surface area contributed by atoms with Crippen LogP contribution < -0.4 is 5.32 Å². The van der Waals surface area contributed by atoms with Crippen molar-refractivity contribution in [1.82, 2.24) is 5.32 Å². The molecule has 1 atom stereocenters. The molecule has 0 unspecified atom stereocenters. The van der Waals surface area contributed by atoms with Crippen molar-refractivity contribution in [1.29, 1.82) is 0 Å². The molecular formula is C33H39NO4Ti. The van der Waals surface area contributed by atoms with E-state index < -0.39 is 11.6 Å². The van der Waals surface area contributed by atoms with Crippen LogP contribution in [0.3, 0.4) is 0 Å². The van der Waals surface area contributed by atoms with Gasteiger partial charge in [0.05, 0.1) is 6.04 Å². The Morgan fingerprint density at radius 3 is 1.49 bits per heavy atom. The van der Waals surface area contributed by atoms with Crippen LogP contribution in [0.1, 0.15) is 50.4 Å². The van der Waals surface area contributed by atoms with E-state index >= 15 is 0 Å². The third-order valence-corrected chi connectivity index (χ3v) is 5.30. The zero-order valence-corrected chi connectivity index (χ0v) is 24.6. The molecule has 0 heterocycles. The standard InChI is InChI=1S/C27H23NO2.2C3H8O.Ti/c29-25-19-11-10-14-22(25)20-28-26(21-12-4-1-5-13-21)27(30,23-15-6-2-7-16-23)24-17-8-3-9-18-24;2*1-3(2)4;/h1-20,26,28,30H;2*3-4H,1-2H3;/b22-20-;;;/t26-;;;/m1.../s1. The van der Waals surface area contributed by atoms with E-state index in [0.717, 1.165) is 16.7 Å². The summed E-state index contributed by atoms with van der Waals surface area (Å²) < 4.78 is 0. The molecule has 0 spiro atoms. The second-order valence-corrected chi connectivity index (χ2v) is 9.38. The van der Waals surface area contributed by atoms with E-state index in [4.69, 9.17) is 10.2 Å². The first-order valence-corrected chi connectivity index (χ1v) is 12.8. The van der Waals surface area contributed by atoms with Crippen molar-refractivity contribution in [3.05, 3.63) is 144 Å². The topological polar surface area (TPSA) is 89.8 Å². The van der Waals surface area contributed by atoms with Gasteiger partial charge in [-0.15, -0.1) is 0 Å². The fourth-order valence-corrected chi connectivity index (χ4v) is 3.76. The number of benzene rings is 3. The van der Waals surface area contributed by atoms with Gasteiger partial charge in [0.1, 0.15) is 5.60 Å². The molecule has 204 valence electrons. The molecular weight excluding hydrogens is 522 g/mol. The van der Waals surface area contributed by atoms with Crippen molar-refractivity contribution in [2.75, 3.05) is 0 Å². The number of carbonyl (C=O) groups excluding carboxylic acids is 1. The monoisotopic (exact) mass is 561 g/mol. The molecule has 5 nitrogen and oxygen atoms in total. The zero-order valence-electron chi connectivity index (χ0n) is 23.0. The Morgan fingerprint density at radius 2 is 1.08 bits per heavy atom. The molecule has 0 aliphatic heterocycles. The van der Waals surface area contributed by atoms with E-state index in [2.05, 4.69) is 5.32 Å². The summed E-state index contributed by atoms with van der Waals surface area (Å²) in [5.41, 5.74) is 1.62. The van der Waals surface area contributed by atoms with E-state index in [1.54, 1.807) is 46.0 Å². The van der Waals surface area contributed by atoms with Gasteiger partial charge in [-0.05, 0) is 56.5 Å². The summed E-state index contributed by atoms with van der Waals surface area (Å²) in [7, 11) is 0. The summed E-state index contributed by atoms with van der Waals surface area (Å²) >= 11 is 0. The molecule has 6 heteroatoms. The van der Waals surface area contributed by atoms with Crippen LogP contribution in [-0.2, 0) is 32.1 Å². The Morgan fingerprint density at radius 1 is 0.692 bits per heavy atom. The van der Waals surface area contributed by atoms with Gasteiger partial charge >= 0.3 is 0 Å². The number of ketones is 1. The summed E-state index contributed by atoms with van der Waals surface area (Å²) in [4.78, 5) is 12.2. The quantitative estimate of drug-likeness (QED) is 0.232. The van der Waals surface area contributed by atoms with Gasteiger partial charge in [-0.3, -0.25) is 4.79 Å². The van der Waals surface area contributed by atoms with E-state index in [1.807, 2.05) is 97.1 Å². The number of nitrogens with one attached hydrogen (secondary N) is 1. The first kappa shape index (κ1) is 34.0. The fourth-order valence-electron chi connectivity index (χ4n) is 3.76. The normalized spacial score (nSPS) is 14.1. The number of aliphatic hydroxyl groups is 3. The van der Waals surface area contributed by atoms with Crippen LogP contribution in [0.15, 0.2) is 127 Å². The van der Waals surface area contributed by atoms with Crippen LogP contribution in [0.4, 0.5) is 0 Å². The van der Waals surface area contributed by atoms with Gasteiger partial charge in [-0.1, -0.05) is 103 Å². The molecule has 0 amide bonds. The Kier molecular flexibility index (Phi) is 15.3. The second kappa shape index (κ2) is 17.5. The molecule has 39 heavy (non-hydrogen) atoms. The zero-order chi connectivity index (χ0) is 28.0. The predicted octanol–water partition coefficient (Wildman–Crippen LogP) is 5.60. The van der Waals surface area contributed by atoms with E-state index in [1.165, 1.54) is 6.08 Å². The van der Waals surface area contributed by atoms with Crippen LogP contribution in [0, 0.1) is 0 Å². The smallest absolute Gasteiger partial charge is 0.187 e. The third-order valence-electron chi connectivity index (χ3n) is 5.30. The minimum atomic E-state index is -1.36. The third kappa shape index (κ3) is 10.9. The largest absolute Gasteiger partial charge is 0.394 e. The number of carbonyl (C=O) groups is 1. The fraction of sp³-hybridized carbons (Fsp3) is 0.242. The Bertz CT molecular complexity index is 1140. The van der Waals surface area contributed by atoms with Crippen LogP contribution >= 0.6 is 0 Å². The molecule has 0 radical (unpaired) electrons. The molecule has 4 rings (SSSR count). The Balaban J connectivity index is 0.000000748. The van der Waals surface area contributed by atoms with Crippen LogP contribution in [0.2, 0.25) is 0 Å². The number of rotatable bonds is 6. The molecule has 0 fully saturated rings. The van der Waals surface area contributed by atoms with E-state index in [0.29, 0.717) is 5.57 Å². The minimum Gasteiger partial charge on any atom is -0.394 e. The molecule has 1 aliphatic rings. The SMILES string of the molecule is CC(C)O.CC(C)O.O=C1C=CC=C/C1=C/N[C@H](c1ccccc1)C(O)(c1ccccc1)c1ccccc1.[Ti]. The molecule has 0 saturated carbocycles.